The van der Waals surface area contributed by atoms with Gasteiger partial charge in [0.25, 0.3) is 5.91 Å². The van der Waals surface area contributed by atoms with E-state index in [1.807, 2.05) is 42.6 Å². The first-order valence-electron chi connectivity index (χ1n) is 10.6. The quantitative estimate of drug-likeness (QED) is 0.472. The lowest BCUT2D eigenvalue weighted by molar-refractivity contribution is -0.147. The summed E-state index contributed by atoms with van der Waals surface area (Å²) < 4.78 is 6.01. The molecule has 0 fully saturated rings. The van der Waals surface area contributed by atoms with E-state index in [4.69, 9.17) is 16.3 Å². The summed E-state index contributed by atoms with van der Waals surface area (Å²) in [5, 5.41) is 16.6. The van der Waals surface area contributed by atoms with Crippen LogP contribution >= 0.6 is 22.9 Å². The number of carbonyl (C=O) groups is 1. The lowest BCUT2D eigenvalue weighted by Crippen LogP contribution is -2.35. The molecule has 3 aromatic rings. The zero-order valence-corrected chi connectivity index (χ0v) is 20.1. The third kappa shape index (κ3) is 5.11. The minimum Gasteiger partial charge on any atom is -0.457 e. The Labute approximate surface area is 201 Å². The van der Waals surface area contributed by atoms with Crippen molar-refractivity contribution in [3.05, 3.63) is 69.3 Å². The smallest absolute Gasteiger partial charge is 0.259 e. The van der Waals surface area contributed by atoms with Gasteiger partial charge in [-0.25, -0.2) is 9.97 Å². The van der Waals surface area contributed by atoms with E-state index in [0.29, 0.717) is 54.8 Å². The molecule has 3 heterocycles. The molecule has 10 heteroatoms. The number of fused-ring (bicyclic) bond motifs is 1. The molecule has 0 spiro atoms. The number of anilines is 1. The number of thiophene rings is 1. The summed E-state index contributed by atoms with van der Waals surface area (Å²) in [5.41, 5.74) is 1.26. The predicted octanol–water partition coefficient (Wildman–Crippen LogP) is 3.12. The fourth-order valence-corrected chi connectivity index (χ4v) is 4.74. The second-order valence-electron chi connectivity index (χ2n) is 7.88. The molecule has 2 N–H and O–H groups in total. The van der Waals surface area contributed by atoms with E-state index >= 15 is 0 Å². The monoisotopic (exact) mass is 487 g/mol. The third-order valence-corrected chi connectivity index (χ3v) is 6.92. The molecule has 33 heavy (non-hydrogen) atoms. The Morgan fingerprint density at radius 1 is 1.33 bits per heavy atom. The number of ether oxygens (including phenoxy) is 1. The van der Waals surface area contributed by atoms with E-state index in [1.165, 1.54) is 17.7 Å². The molecule has 174 valence electrons. The zero-order valence-electron chi connectivity index (χ0n) is 18.5. The maximum absolute atomic E-state index is 13.1. The molecular formula is C23H26ClN5O3S. The number of carbonyl (C=O) groups excluding carboxylic acids is 1. The summed E-state index contributed by atoms with van der Waals surface area (Å²) in [6.45, 7) is 2.10. The highest BCUT2D eigenvalue weighted by Gasteiger charge is 2.33. The van der Waals surface area contributed by atoms with Gasteiger partial charge < -0.3 is 25.0 Å². The van der Waals surface area contributed by atoms with Crippen molar-refractivity contribution in [1.29, 1.82) is 0 Å². The summed E-state index contributed by atoms with van der Waals surface area (Å²) >= 11 is 8.01. The van der Waals surface area contributed by atoms with Gasteiger partial charge in [-0.1, -0.05) is 23.7 Å². The number of likely N-dealkylation sites (N-methyl/N-ethyl adjacent to an activating group) is 1. The SMILES string of the molecule is CNCC[C@@](O)(Oc1ccc(CN2CCN(C)c3ncncc3C2=O)c(Cl)c1)c1cccs1. The molecule has 1 atom stereocenters. The number of rotatable bonds is 8. The average Bonchev–Trinajstić information content (AvgIpc) is 3.34. The van der Waals surface area contributed by atoms with Crippen molar-refractivity contribution < 1.29 is 14.6 Å². The highest BCUT2D eigenvalue weighted by Crippen LogP contribution is 2.34. The topological polar surface area (TPSA) is 90.8 Å². The third-order valence-electron chi connectivity index (χ3n) is 5.57. The van der Waals surface area contributed by atoms with Crippen molar-refractivity contribution in [2.24, 2.45) is 0 Å². The number of halogens is 1. The highest BCUT2D eigenvalue weighted by molar-refractivity contribution is 7.10. The van der Waals surface area contributed by atoms with Crippen molar-refractivity contribution in [3.8, 4) is 5.75 Å². The Morgan fingerprint density at radius 3 is 2.91 bits per heavy atom. The molecule has 2 aromatic heterocycles. The largest absolute Gasteiger partial charge is 0.457 e. The van der Waals surface area contributed by atoms with E-state index in [2.05, 4.69) is 15.3 Å². The number of aromatic nitrogens is 2. The molecule has 0 aliphatic carbocycles. The van der Waals surface area contributed by atoms with E-state index in [1.54, 1.807) is 23.2 Å². The van der Waals surface area contributed by atoms with Crippen molar-refractivity contribution >= 4 is 34.7 Å². The van der Waals surface area contributed by atoms with Crippen molar-refractivity contribution in [3.63, 3.8) is 0 Å². The minimum atomic E-state index is -1.46. The molecule has 1 aromatic carbocycles. The van der Waals surface area contributed by atoms with Crippen molar-refractivity contribution in [1.82, 2.24) is 20.2 Å². The normalized spacial score (nSPS) is 15.7. The summed E-state index contributed by atoms with van der Waals surface area (Å²) in [4.78, 5) is 25.8. The van der Waals surface area contributed by atoms with Crippen LogP contribution < -0.4 is 15.0 Å². The summed E-state index contributed by atoms with van der Waals surface area (Å²) in [7, 11) is 3.73. The first-order valence-corrected chi connectivity index (χ1v) is 11.9. The van der Waals surface area contributed by atoms with Crippen LogP contribution in [-0.2, 0) is 12.3 Å². The fraction of sp³-hybridized carbons (Fsp3) is 0.348. The van der Waals surface area contributed by atoms with Gasteiger partial charge in [0.1, 0.15) is 23.5 Å². The average molecular weight is 488 g/mol. The number of benzene rings is 1. The van der Waals surface area contributed by atoms with E-state index in [0.717, 1.165) is 10.4 Å². The first kappa shape index (κ1) is 23.4. The molecule has 0 unspecified atom stereocenters. The summed E-state index contributed by atoms with van der Waals surface area (Å²) in [5.74, 6) is -0.513. The van der Waals surface area contributed by atoms with E-state index < -0.39 is 5.79 Å². The van der Waals surface area contributed by atoms with Crippen LogP contribution in [0.25, 0.3) is 0 Å². The molecule has 0 bridgehead atoms. The lowest BCUT2D eigenvalue weighted by Gasteiger charge is -2.28. The standard InChI is InChI=1S/C23H26ClN5O3S/c1-25-8-7-23(31,20-4-3-11-33-20)32-17-6-5-16(19(24)12-17)14-29-10-9-28(2)21-18(22(29)30)13-26-15-27-21/h3-6,11-13,15,25,31H,7-10,14H2,1-2H3/t23-/m1/s1. The summed E-state index contributed by atoms with van der Waals surface area (Å²) in [6, 6.07) is 9.00. The maximum atomic E-state index is 13.1. The van der Waals surface area contributed by atoms with Crippen LogP contribution in [0, 0.1) is 0 Å². The molecule has 0 radical (unpaired) electrons. The van der Waals surface area contributed by atoms with Crippen molar-refractivity contribution in [2.45, 2.75) is 18.8 Å². The van der Waals surface area contributed by atoms with E-state index in [-0.39, 0.29) is 5.91 Å². The van der Waals surface area contributed by atoms with Crippen LogP contribution in [0.1, 0.15) is 27.2 Å². The van der Waals surface area contributed by atoms with Gasteiger partial charge in [-0.2, -0.15) is 0 Å². The molecular weight excluding hydrogens is 462 g/mol. The highest BCUT2D eigenvalue weighted by atomic mass is 35.5. The van der Waals surface area contributed by atoms with Crippen LogP contribution in [0.2, 0.25) is 5.02 Å². The van der Waals surface area contributed by atoms with Gasteiger partial charge in [0.05, 0.1) is 4.88 Å². The van der Waals surface area contributed by atoms with Crippen LogP contribution in [-0.4, -0.2) is 59.6 Å². The maximum Gasteiger partial charge on any atom is 0.259 e. The Balaban J connectivity index is 1.53. The Hall–Kier alpha value is -2.72. The van der Waals surface area contributed by atoms with Gasteiger partial charge in [0.2, 0.25) is 5.79 Å². The molecule has 1 aliphatic heterocycles. The van der Waals surface area contributed by atoms with Gasteiger partial charge in [-0.15, -0.1) is 11.3 Å². The fourth-order valence-electron chi connectivity index (χ4n) is 3.72. The van der Waals surface area contributed by atoms with Crippen LogP contribution in [0.3, 0.4) is 0 Å². The van der Waals surface area contributed by atoms with Crippen LogP contribution in [0.5, 0.6) is 5.75 Å². The minimum absolute atomic E-state index is 0.134. The molecule has 0 saturated heterocycles. The number of hydrogen-bond donors (Lipinski definition) is 2. The van der Waals surface area contributed by atoms with Gasteiger partial charge in [0, 0.05) is 50.9 Å². The van der Waals surface area contributed by atoms with Gasteiger partial charge >= 0.3 is 0 Å². The number of nitrogens with zero attached hydrogens (tertiary/aromatic N) is 4. The second-order valence-corrected chi connectivity index (χ2v) is 9.23. The first-order chi connectivity index (χ1) is 15.9. The second kappa shape index (κ2) is 10.0. The van der Waals surface area contributed by atoms with Crippen LogP contribution in [0.4, 0.5) is 5.82 Å². The molecule has 1 amide bonds. The molecule has 0 saturated carbocycles. The van der Waals surface area contributed by atoms with Gasteiger partial charge in [0.15, 0.2) is 0 Å². The van der Waals surface area contributed by atoms with Crippen molar-refractivity contribution in [2.75, 3.05) is 38.6 Å². The number of aliphatic hydroxyl groups is 1. The molecule has 1 aliphatic rings. The molecule has 8 nitrogen and oxygen atoms in total. The Kier molecular flexibility index (Phi) is 7.14. The Bertz CT molecular complexity index is 1110. The number of nitrogens with one attached hydrogen (secondary N) is 1. The Morgan fingerprint density at radius 2 is 2.18 bits per heavy atom. The molecule has 4 rings (SSSR count). The van der Waals surface area contributed by atoms with Gasteiger partial charge in [-0.05, 0) is 36.2 Å². The van der Waals surface area contributed by atoms with E-state index in [9.17, 15) is 9.90 Å². The number of amides is 1. The van der Waals surface area contributed by atoms with Gasteiger partial charge in [-0.3, -0.25) is 4.79 Å². The summed E-state index contributed by atoms with van der Waals surface area (Å²) in [6.07, 6.45) is 3.37. The predicted molar refractivity (Wildman–Crippen MR) is 129 cm³/mol. The van der Waals surface area contributed by atoms with Crippen LogP contribution in [0.15, 0.2) is 48.2 Å². The lowest BCUT2D eigenvalue weighted by atomic mass is 10.1. The number of hydrogen-bond acceptors (Lipinski definition) is 8. The zero-order chi connectivity index (χ0) is 23.4.